The maximum Gasteiger partial charge on any atom is 0.363 e. The third kappa shape index (κ3) is 4.02. The largest absolute Gasteiger partial charge is 0.497 e. The topological polar surface area (TPSA) is 91.0 Å². The van der Waals surface area contributed by atoms with E-state index in [1.165, 1.54) is 18.2 Å². The van der Waals surface area contributed by atoms with Gasteiger partial charge in [0.15, 0.2) is 5.70 Å². The van der Waals surface area contributed by atoms with E-state index in [0.29, 0.717) is 5.56 Å². The average Bonchev–Trinajstić information content (AvgIpc) is 3.00. The summed E-state index contributed by atoms with van der Waals surface area (Å²) in [7, 11) is 1.59. The number of non-ortho nitro benzene ring substituents is 1. The molecule has 0 amide bonds. The monoisotopic (exact) mass is 350 g/mol. The zero-order chi connectivity index (χ0) is 18.5. The molecule has 0 saturated heterocycles. The number of ether oxygens (including phenoxy) is 2. The summed E-state index contributed by atoms with van der Waals surface area (Å²) in [6.45, 7) is 0. The molecule has 0 spiro atoms. The molecule has 7 heteroatoms. The molecule has 0 fully saturated rings. The van der Waals surface area contributed by atoms with E-state index in [1.54, 1.807) is 31.4 Å². The quantitative estimate of drug-likeness (QED) is 0.355. The fourth-order valence-corrected chi connectivity index (χ4v) is 2.27. The first-order valence-corrected chi connectivity index (χ1v) is 7.64. The molecule has 2 aromatic carbocycles. The number of hydrogen-bond acceptors (Lipinski definition) is 6. The lowest BCUT2D eigenvalue weighted by molar-refractivity contribution is -0.384. The van der Waals surface area contributed by atoms with Crippen molar-refractivity contribution < 1.29 is 19.2 Å². The zero-order valence-electron chi connectivity index (χ0n) is 13.8. The standard InChI is InChI=1S/C19H14N2O5/c1-25-16-8-5-13(6-9-16)7-10-18-20-17(19(22)26-18)12-14-3-2-4-15(11-14)21(23)24/h2-12H,1H3/b10-7+,17-12+. The third-order valence-electron chi connectivity index (χ3n) is 3.56. The van der Waals surface area contributed by atoms with Crippen LogP contribution in [0.15, 0.2) is 65.3 Å². The number of nitro groups is 1. The first-order valence-electron chi connectivity index (χ1n) is 7.64. The first kappa shape index (κ1) is 17.1. The number of carbonyl (C=O) groups is 1. The SMILES string of the molecule is COc1ccc(/C=C/C2=NC(=C/c3cccc([N+](=O)[O-])c3)/C(=O)O2)cc1. The van der Waals surface area contributed by atoms with Crippen LogP contribution in [0.5, 0.6) is 5.75 Å². The molecule has 130 valence electrons. The molecule has 0 radical (unpaired) electrons. The number of benzene rings is 2. The fraction of sp³-hybridized carbons (Fsp3) is 0.0526. The Morgan fingerprint density at radius 1 is 1.12 bits per heavy atom. The molecule has 7 nitrogen and oxygen atoms in total. The van der Waals surface area contributed by atoms with Crippen molar-refractivity contribution in [2.75, 3.05) is 7.11 Å². The van der Waals surface area contributed by atoms with Gasteiger partial charge >= 0.3 is 5.97 Å². The second-order valence-corrected chi connectivity index (χ2v) is 5.33. The Hall–Kier alpha value is -3.74. The Bertz CT molecular complexity index is 943. The minimum absolute atomic E-state index is 0.0608. The van der Waals surface area contributed by atoms with Crippen LogP contribution >= 0.6 is 0 Å². The summed E-state index contributed by atoms with van der Waals surface area (Å²) < 4.78 is 10.2. The molecule has 0 N–H and O–H groups in total. The number of nitro benzene ring substituents is 1. The lowest BCUT2D eigenvalue weighted by Crippen LogP contribution is -2.01. The summed E-state index contributed by atoms with van der Waals surface area (Å²) in [6, 6.07) is 13.3. The minimum atomic E-state index is -0.606. The Kier molecular flexibility index (Phi) is 4.89. The fourth-order valence-electron chi connectivity index (χ4n) is 2.27. The molecule has 2 aromatic rings. The molecule has 1 aliphatic rings. The van der Waals surface area contributed by atoms with Crippen LogP contribution in [0.1, 0.15) is 11.1 Å². The minimum Gasteiger partial charge on any atom is -0.497 e. The van der Waals surface area contributed by atoms with Crippen LogP contribution < -0.4 is 4.74 Å². The van der Waals surface area contributed by atoms with E-state index < -0.39 is 10.9 Å². The molecular weight excluding hydrogens is 336 g/mol. The van der Waals surface area contributed by atoms with Gasteiger partial charge in [-0.15, -0.1) is 0 Å². The molecule has 1 heterocycles. The maximum absolute atomic E-state index is 11.9. The van der Waals surface area contributed by atoms with Crippen LogP contribution in [0.3, 0.4) is 0 Å². The highest BCUT2D eigenvalue weighted by Crippen LogP contribution is 2.20. The van der Waals surface area contributed by atoms with Gasteiger partial charge in [0.1, 0.15) is 5.75 Å². The highest BCUT2D eigenvalue weighted by Gasteiger charge is 2.21. The van der Waals surface area contributed by atoms with Gasteiger partial charge in [0.2, 0.25) is 5.90 Å². The van der Waals surface area contributed by atoms with Crippen molar-refractivity contribution in [1.82, 2.24) is 0 Å². The molecule has 0 unspecified atom stereocenters. The molecule has 1 aliphatic heterocycles. The van der Waals surface area contributed by atoms with Crippen LogP contribution in [0, 0.1) is 10.1 Å². The number of rotatable bonds is 5. The molecule has 26 heavy (non-hydrogen) atoms. The van der Waals surface area contributed by atoms with E-state index in [9.17, 15) is 14.9 Å². The van der Waals surface area contributed by atoms with Gasteiger partial charge in [0.25, 0.3) is 5.69 Å². The Morgan fingerprint density at radius 2 is 1.88 bits per heavy atom. The van der Waals surface area contributed by atoms with Gasteiger partial charge in [-0.25, -0.2) is 9.79 Å². The number of carbonyl (C=O) groups excluding carboxylic acids is 1. The van der Waals surface area contributed by atoms with Crippen LogP contribution in [0.2, 0.25) is 0 Å². The van der Waals surface area contributed by atoms with Crippen molar-refractivity contribution in [1.29, 1.82) is 0 Å². The second kappa shape index (κ2) is 7.43. The van der Waals surface area contributed by atoms with E-state index in [4.69, 9.17) is 9.47 Å². The van der Waals surface area contributed by atoms with Gasteiger partial charge < -0.3 is 9.47 Å². The Balaban J connectivity index is 1.78. The third-order valence-corrected chi connectivity index (χ3v) is 3.56. The summed E-state index contributed by atoms with van der Waals surface area (Å²) >= 11 is 0. The van der Waals surface area contributed by atoms with Crippen LogP contribution in [-0.2, 0) is 9.53 Å². The van der Waals surface area contributed by atoms with Crippen molar-refractivity contribution in [2.24, 2.45) is 4.99 Å². The van der Waals surface area contributed by atoms with Crippen LogP contribution in [-0.4, -0.2) is 23.9 Å². The van der Waals surface area contributed by atoms with Gasteiger partial charge in [-0.05, 0) is 35.4 Å². The summed E-state index contributed by atoms with van der Waals surface area (Å²) in [4.78, 5) is 26.3. The van der Waals surface area contributed by atoms with E-state index in [2.05, 4.69) is 4.99 Å². The first-order chi connectivity index (χ1) is 12.5. The lowest BCUT2D eigenvalue weighted by atomic mass is 10.2. The average molecular weight is 350 g/mol. The van der Waals surface area contributed by atoms with Gasteiger partial charge in [0.05, 0.1) is 12.0 Å². The van der Waals surface area contributed by atoms with Gasteiger partial charge in [-0.2, -0.15) is 0 Å². The zero-order valence-corrected chi connectivity index (χ0v) is 13.8. The summed E-state index contributed by atoms with van der Waals surface area (Å²) in [5.41, 5.74) is 1.41. The van der Waals surface area contributed by atoms with Crippen molar-refractivity contribution in [3.05, 3.63) is 81.5 Å². The van der Waals surface area contributed by atoms with Gasteiger partial charge in [-0.1, -0.05) is 24.3 Å². The number of esters is 1. The summed E-state index contributed by atoms with van der Waals surface area (Å²) in [6.07, 6.45) is 4.78. The lowest BCUT2D eigenvalue weighted by Gasteiger charge is -1.98. The molecule has 0 bridgehead atoms. The van der Waals surface area contributed by atoms with Gasteiger partial charge in [-0.3, -0.25) is 10.1 Å². The number of cyclic esters (lactones) is 1. The van der Waals surface area contributed by atoms with E-state index in [0.717, 1.165) is 11.3 Å². The maximum atomic E-state index is 11.9. The van der Waals surface area contributed by atoms with Crippen molar-refractivity contribution in [3.8, 4) is 5.75 Å². The Labute approximate surface area is 149 Å². The smallest absolute Gasteiger partial charge is 0.363 e. The second-order valence-electron chi connectivity index (χ2n) is 5.33. The van der Waals surface area contributed by atoms with Gasteiger partial charge in [0, 0.05) is 18.2 Å². The predicted molar refractivity (Wildman–Crippen MR) is 96.6 cm³/mol. The number of methoxy groups -OCH3 is 1. The van der Waals surface area contributed by atoms with E-state index >= 15 is 0 Å². The predicted octanol–water partition coefficient (Wildman–Crippen LogP) is 3.61. The highest BCUT2D eigenvalue weighted by molar-refractivity contribution is 6.11. The van der Waals surface area contributed by atoms with E-state index in [1.807, 2.05) is 24.3 Å². The number of nitrogens with zero attached hydrogens (tertiary/aromatic N) is 2. The number of hydrogen-bond donors (Lipinski definition) is 0. The molecule has 0 atom stereocenters. The highest BCUT2D eigenvalue weighted by atomic mass is 16.6. The molecule has 3 rings (SSSR count). The molecule has 0 saturated carbocycles. The molecule has 0 aliphatic carbocycles. The normalized spacial score (nSPS) is 15.2. The van der Waals surface area contributed by atoms with Crippen molar-refractivity contribution in [2.45, 2.75) is 0 Å². The summed E-state index contributed by atoms with van der Waals surface area (Å²) in [5.74, 6) is 0.294. The van der Waals surface area contributed by atoms with Crippen LogP contribution in [0.4, 0.5) is 5.69 Å². The van der Waals surface area contributed by atoms with Crippen molar-refractivity contribution >= 4 is 29.7 Å². The summed E-state index contributed by atoms with van der Waals surface area (Å²) in [5, 5.41) is 10.8. The molecular formula is C19H14N2O5. The van der Waals surface area contributed by atoms with Crippen molar-refractivity contribution in [3.63, 3.8) is 0 Å². The Morgan fingerprint density at radius 3 is 2.58 bits per heavy atom. The molecule has 0 aromatic heterocycles. The number of aliphatic imine (C=N–C) groups is 1. The van der Waals surface area contributed by atoms with E-state index in [-0.39, 0.29) is 17.3 Å². The van der Waals surface area contributed by atoms with Crippen LogP contribution in [0.25, 0.3) is 12.2 Å².